The summed E-state index contributed by atoms with van der Waals surface area (Å²) in [5.41, 5.74) is 0.123. The second-order valence-electron chi connectivity index (χ2n) is 4.36. The SMILES string of the molecule is O=C(CCCCCl)Nc1ccc2[nH]c(=O)c(=O)[nH]c2c1. The maximum atomic E-state index is 11.7. The number of anilines is 1. The number of hydrogen-bond donors (Lipinski definition) is 3. The summed E-state index contributed by atoms with van der Waals surface area (Å²) < 4.78 is 0. The number of nitrogens with one attached hydrogen (secondary N) is 3. The van der Waals surface area contributed by atoms with Crippen LogP contribution in [0.1, 0.15) is 19.3 Å². The smallest absolute Gasteiger partial charge is 0.314 e. The molecule has 0 aliphatic rings. The van der Waals surface area contributed by atoms with E-state index in [1.165, 1.54) is 0 Å². The molecule has 7 heteroatoms. The Bertz CT molecular complexity index is 735. The molecule has 3 N–H and O–H groups in total. The van der Waals surface area contributed by atoms with Crippen molar-refractivity contribution in [3.8, 4) is 0 Å². The molecule has 0 saturated heterocycles. The maximum Gasteiger partial charge on any atom is 0.314 e. The fraction of sp³-hybridized carbons (Fsp3) is 0.308. The van der Waals surface area contributed by atoms with Gasteiger partial charge in [-0.1, -0.05) is 0 Å². The molecule has 106 valence electrons. The van der Waals surface area contributed by atoms with Crippen LogP contribution < -0.4 is 16.4 Å². The predicted molar refractivity (Wildman–Crippen MR) is 78.4 cm³/mol. The molecule has 0 bridgehead atoms. The number of fused-ring (bicyclic) bond motifs is 1. The number of halogens is 1. The number of alkyl halides is 1. The molecule has 0 aliphatic heterocycles. The Balaban J connectivity index is 2.15. The normalized spacial score (nSPS) is 10.7. The quantitative estimate of drug-likeness (QED) is 0.444. The molecule has 0 unspecified atom stereocenters. The van der Waals surface area contributed by atoms with Crippen molar-refractivity contribution in [3.05, 3.63) is 38.9 Å². The lowest BCUT2D eigenvalue weighted by Crippen LogP contribution is -2.28. The number of amides is 1. The summed E-state index contributed by atoms with van der Waals surface area (Å²) in [6, 6.07) is 4.89. The van der Waals surface area contributed by atoms with E-state index in [-0.39, 0.29) is 5.91 Å². The van der Waals surface area contributed by atoms with E-state index in [4.69, 9.17) is 11.6 Å². The lowest BCUT2D eigenvalue weighted by atomic mass is 10.2. The van der Waals surface area contributed by atoms with E-state index in [1.807, 2.05) is 0 Å². The van der Waals surface area contributed by atoms with Gasteiger partial charge in [-0.15, -0.1) is 11.6 Å². The van der Waals surface area contributed by atoms with Crippen LogP contribution in [0.25, 0.3) is 11.0 Å². The van der Waals surface area contributed by atoms with Crippen molar-refractivity contribution in [2.24, 2.45) is 0 Å². The van der Waals surface area contributed by atoms with Crippen LogP contribution in [-0.2, 0) is 4.79 Å². The first-order valence-corrected chi connectivity index (χ1v) is 6.76. The minimum absolute atomic E-state index is 0.110. The number of carbonyl (C=O) groups excluding carboxylic acids is 1. The fourth-order valence-corrected chi connectivity index (χ4v) is 1.99. The number of rotatable bonds is 5. The van der Waals surface area contributed by atoms with Gasteiger partial charge >= 0.3 is 11.1 Å². The van der Waals surface area contributed by atoms with Gasteiger partial charge in [-0.2, -0.15) is 0 Å². The van der Waals surface area contributed by atoms with Crippen molar-refractivity contribution in [2.75, 3.05) is 11.2 Å². The summed E-state index contributed by atoms with van der Waals surface area (Å²) in [5, 5.41) is 2.73. The van der Waals surface area contributed by atoms with E-state index in [2.05, 4.69) is 15.3 Å². The average Bonchev–Trinajstić information content (AvgIpc) is 2.41. The molecule has 2 rings (SSSR count). The minimum atomic E-state index is -0.719. The van der Waals surface area contributed by atoms with E-state index < -0.39 is 11.1 Å². The van der Waals surface area contributed by atoms with Gasteiger partial charge in [-0.3, -0.25) is 14.4 Å². The fourth-order valence-electron chi connectivity index (χ4n) is 1.80. The first kappa shape index (κ1) is 14.3. The highest BCUT2D eigenvalue weighted by atomic mass is 35.5. The molecule has 0 fully saturated rings. The number of benzene rings is 1. The van der Waals surface area contributed by atoms with E-state index in [0.29, 0.717) is 29.0 Å². The molecular formula is C13H14ClN3O3. The molecule has 1 heterocycles. The summed E-state index contributed by atoms with van der Waals surface area (Å²) in [7, 11) is 0. The third-order valence-electron chi connectivity index (χ3n) is 2.79. The summed E-state index contributed by atoms with van der Waals surface area (Å²) in [4.78, 5) is 39.0. The number of aromatic nitrogens is 2. The molecule has 0 atom stereocenters. The zero-order valence-electron chi connectivity index (χ0n) is 10.7. The largest absolute Gasteiger partial charge is 0.326 e. The van der Waals surface area contributed by atoms with Crippen molar-refractivity contribution >= 4 is 34.2 Å². The van der Waals surface area contributed by atoms with Crippen molar-refractivity contribution < 1.29 is 4.79 Å². The van der Waals surface area contributed by atoms with Crippen LogP contribution >= 0.6 is 11.6 Å². The van der Waals surface area contributed by atoms with Crippen LogP contribution in [0, 0.1) is 0 Å². The molecule has 1 aromatic carbocycles. The Kier molecular flexibility index (Phi) is 4.57. The van der Waals surface area contributed by atoms with Crippen LogP contribution in [0.3, 0.4) is 0 Å². The summed E-state index contributed by atoms with van der Waals surface area (Å²) in [6.07, 6.45) is 1.92. The van der Waals surface area contributed by atoms with Gasteiger partial charge in [0.15, 0.2) is 0 Å². The van der Waals surface area contributed by atoms with Crippen molar-refractivity contribution in [3.63, 3.8) is 0 Å². The predicted octanol–water partition coefficient (Wildman–Crippen LogP) is 1.56. The van der Waals surface area contributed by atoms with Crippen LogP contribution in [0.2, 0.25) is 0 Å². The van der Waals surface area contributed by atoms with Gasteiger partial charge in [0, 0.05) is 18.0 Å². The lowest BCUT2D eigenvalue weighted by molar-refractivity contribution is -0.116. The van der Waals surface area contributed by atoms with Gasteiger partial charge in [0.25, 0.3) is 0 Å². The Hall–Kier alpha value is -2.08. The summed E-state index contributed by atoms with van der Waals surface area (Å²) in [5.74, 6) is 0.430. The highest BCUT2D eigenvalue weighted by Crippen LogP contribution is 2.14. The molecule has 1 aromatic heterocycles. The van der Waals surface area contributed by atoms with E-state index in [1.54, 1.807) is 18.2 Å². The van der Waals surface area contributed by atoms with Gasteiger partial charge in [-0.25, -0.2) is 0 Å². The number of carbonyl (C=O) groups is 1. The number of hydrogen-bond acceptors (Lipinski definition) is 3. The molecule has 0 saturated carbocycles. The maximum absolute atomic E-state index is 11.7. The topological polar surface area (TPSA) is 94.8 Å². The third kappa shape index (κ3) is 3.48. The molecular weight excluding hydrogens is 282 g/mol. The van der Waals surface area contributed by atoms with Crippen molar-refractivity contribution in [1.82, 2.24) is 9.97 Å². The highest BCUT2D eigenvalue weighted by Gasteiger charge is 2.04. The van der Waals surface area contributed by atoms with Gasteiger partial charge in [0.05, 0.1) is 11.0 Å². The van der Waals surface area contributed by atoms with E-state index in [9.17, 15) is 14.4 Å². The molecule has 20 heavy (non-hydrogen) atoms. The Labute approximate surface area is 119 Å². The minimum Gasteiger partial charge on any atom is -0.326 e. The monoisotopic (exact) mass is 295 g/mol. The van der Waals surface area contributed by atoms with E-state index >= 15 is 0 Å². The Morgan fingerprint density at radius 3 is 2.50 bits per heavy atom. The zero-order chi connectivity index (χ0) is 14.5. The van der Waals surface area contributed by atoms with Crippen molar-refractivity contribution in [2.45, 2.75) is 19.3 Å². The van der Waals surface area contributed by atoms with Crippen LogP contribution in [-0.4, -0.2) is 21.8 Å². The summed E-state index contributed by atoms with van der Waals surface area (Å²) in [6.45, 7) is 0. The molecule has 0 spiro atoms. The summed E-state index contributed by atoms with van der Waals surface area (Å²) >= 11 is 5.54. The molecule has 1 amide bonds. The van der Waals surface area contributed by atoms with Gasteiger partial charge in [0.1, 0.15) is 0 Å². The van der Waals surface area contributed by atoms with Gasteiger partial charge in [-0.05, 0) is 31.0 Å². The lowest BCUT2D eigenvalue weighted by Gasteiger charge is -2.06. The highest BCUT2D eigenvalue weighted by molar-refractivity contribution is 6.17. The molecule has 0 aliphatic carbocycles. The van der Waals surface area contributed by atoms with Crippen molar-refractivity contribution in [1.29, 1.82) is 0 Å². The number of unbranched alkanes of at least 4 members (excludes halogenated alkanes) is 1. The van der Waals surface area contributed by atoms with Gasteiger partial charge < -0.3 is 15.3 Å². The molecule has 0 radical (unpaired) electrons. The first-order valence-electron chi connectivity index (χ1n) is 6.22. The van der Waals surface area contributed by atoms with E-state index in [0.717, 1.165) is 12.8 Å². The number of H-pyrrole nitrogens is 2. The third-order valence-corrected chi connectivity index (χ3v) is 3.06. The first-order chi connectivity index (χ1) is 9.60. The van der Waals surface area contributed by atoms with Crippen LogP contribution in [0.5, 0.6) is 0 Å². The van der Waals surface area contributed by atoms with Crippen LogP contribution in [0.4, 0.5) is 5.69 Å². The second kappa shape index (κ2) is 6.38. The standard InChI is InChI=1S/C13H14ClN3O3/c14-6-2-1-3-11(18)15-8-4-5-9-10(7-8)17-13(20)12(19)16-9/h4-5,7H,1-3,6H2,(H,15,18)(H,16,19)(H,17,20). The molecule has 6 nitrogen and oxygen atoms in total. The molecule has 2 aromatic rings. The number of aromatic amines is 2. The average molecular weight is 296 g/mol. The Morgan fingerprint density at radius 1 is 1.10 bits per heavy atom. The second-order valence-corrected chi connectivity index (χ2v) is 4.74. The van der Waals surface area contributed by atoms with Crippen LogP contribution in [0.15, 0.2) is 27.8 Å². The Morgan fingerprint density at radius 2 is 1.80 bits per heavy atom. The zero-order valence-corrected chi connectivity index (χ0v) is 11.4. The van der Waals surface area contributed by atoms with Gasteiger partial charge in [0.2, 0.25) is 5.91 Å².